The molecule has 0 spiro atoms. The average Bonchev–Trinajstić information content (AvgIpc) is 2.88. The van der Waals surface area contributed by atoms with E-state index >= 15 is 0 Å². The van der Waals surface area contributed by atoms with Crippen molar-refractivity contribution in [3.63, 3.8) is 0 Å². The minimum Gasteiger partial charge on any atom is -0.465 e. The molecular weight excluding hydrogens is 424 g/mol. The van der Waals surface area contributed by atoms with Gasteiger partial charge in [-0.3, -0.25) is 4.79 Å². The number of likely N-dealkylation sites (tertiary alicyclic amines) is 1. The number of hydrogen-bond donors (Lipinski definition) is 1. The molecule has 5 rings (SSSR count). The van der Waals surface area contributed by atoms with Gasteiger partial charge in [0.25, 0.3) is 5.91 Å². The van der Waals surface area contributed by atoms with E-state index in [-0.39, 0.29) is 18.1 Å². The molecule has 2 fully saturated rings. The molecule has 8 heteroatoms. The summed E-state index contributed by atoms with van der Waals surface area (Å²) in [5, 5.41) is 9.13. The first-order chi connectivity index (χ1) is 16.1. The van der Waals surface area contributed by atoms with E-state index in [1.807, 2.05) is 41.3 Å². The van der Waals surface area contributed by atoms with E-state index in [0.29, 0.717) is 51.6 Å². The SMILES string of the molecule is O=C(O)N1CCC(C2OCc3cc(-c4ccc(C(=O)N5CCOCC5)cc4)ccc3O2)CC1. The Morgan fingerprint density at radius 2 is 1.58 bits per heavy atom. The lowest BCUT2D eigenvalue weighted by atomic mass is 9.95. The summed E-state index contributed by atoms with van der Waals surface area (Å²) in [6.45, 7) is 3.92. The van der Waals surface area contributed by atoms with E-state index in [1.165, 1.54) is 4.90 Å². The van der Waals surface area contributed by atoms with Crippen LogP contribution >= 0.6 is 0 Å². The van der Waals surface area contributed by atoms with Gasteiger partial charge in [-0.25, -0.2) is 4.79 Å². The lowest BCUT2D eigenvalue weighted by Crippen LogP contribution is -2.43. The van der Waals surface area contributed by atoms with Gasteiger partial charge in [0.15, 0.2) is 0 Å². The van der Waals surface area contributed by atoms with Crippen LogP contribution < -0.4 is 4.74 Å². The lowest BCUT2D eigenvalue weighted by Gasteiger charge is -2.36. The molecule has 2 aromatic rings. The monoisotopic (exact) mass is 452 g/mol. The predicted octanol–water partition coefficient (Wildman–Crippen LogP) is 3.45. The number of fused-ring (bicyclic) bond motifs is 1. The smallest absolute Gasteiger partial charge is 0.407 e. The van der Waals surface area contributed by atoms with Gasteiger partial charge in [-0.15, -0.1) is 0 Å². The van der Waals surface area contributed by atoms with Crippen molar-refractivity contribution in [1.82, 2.24) is 9.80 Å². The summed E-state index contributed by atoms with van der Waals surface area (Å²) in [5.41, 5.74) is 3.74. The summed E-state index contributed by atoms with van der Waals surface area (Å²) in [7, 11) is 0. The van der Waals surface area contributed by atoms with Crippen molar-refractivity contribution < 1.29 is 28.9 Å². The van der Waals surface area contributed by atoms with Crippen LogP contribution in [0.15, 0.2) is 42.5 Å². The molecule has 2 amide bonds. The maximum absolute atomic E-state index is 12.7. The summed E-state index contributed by atoms with van der Waals surface area (Å²) >= 11 is 0. The van der Waals surface area contributed by atoms with Crippen molar-refractivity contribution in [1.29, 1.82) is 0 Å². The fraction of sp³-hybridized carbons (Fsp3) is 0.440. The highest BCUT2D eigenvalue weighted by molar-refractivity contribution is 5.94. The number of hydrogen-bond acceptors (Lipinski definition) is 5. The van der Waals surface area contributed by atoms with Crippen LogP contribution in [-0.2, 0) is 16.1 Å². The Kier molecular flexibility index (Phi) is 6.20. The van der Waals surface area contributed by atoms with E-state index in [4.69, 9.17) is 19.3 Å². The highest BCUT2D eigenvalue weighted by Crippen LogP contribution is 2.35. The van der Waals surface area contributed by atoms with Crippen LogP contribution in [0.2, 0.25) is 0 Å². The number of ether oxygens (including phenoxy) is 3. The van der Waals surface area contributed by atoms with Crippen molar-refractivity contribution in [3.05, 3.63) is 53.6 Å². The highest BCUT2D eigenvalue weighted by Gasteiger charge is 2.33. The van der Waals surface area contributed by atoms with Crippen LogP contribution in [0.5, 0.6) is 5.75 Å². The first-order valence-corrected chi connectivity index (χ1v) is 11.4. The van der Waals surface area contributed by atoms with Crippen LogP contribution in [0.4, 0.5) is 4.79 Å². The summed E-state index contributed by atoms with van der Waals surface area (Å²) in [5.74, 6) is 1.04. The molecule has 3 aliphatic heterocycles. The maximum Gasteiger partial charge on any atom is 0.407 e. The van der Waals surface area contributed by atoms with Gasteiger partial charge in [0.05, 0.1) is 19.8 Å². The molecule has 0 saturated carbocycles. The summed E-state index contributed by atoms with van der Waals surface area (Å²) in [4.78, 5) is 27.0. The zero-order valence-electron chi connectivity index (χ0n) is 18.4. The molecule has 0 aromatic heterocycles. The normalized spacial score (nSPS) is 21.3. The Hall–Kier alpha value is -3.10. The van der Waals surface area contributed by atoms with Crippen LogP contribution in [0.3, 0.4) is 0 Å². The number of piperidine rings is 1. The number of amides is 2. The van der Waals surface area contributed by atoms with Gasteiger partial charge in [0.2, 0.25) is 6.29 Å². The third-order valence-corrected chi connectivity index (χ3v) is 6.67. The molecule has 1 atom stereocenters. The topological polar surface area (TPSA) is 88.5 Å². The minimum absolute atomic E-state index is 0.0392. The number of morpholine rings is 1. The van der Waals surface area contributed by atoms with Crippen LogP contribution in [0.25, 0.3) is 11.1 Å². The molecule has 33 heavy (non-hydrogen) atoms. The number of carbonyl (C=O) groups excluding carboxylic acids is 1. The molecule has 0 radical (unpaired) electrons. The second-order valence-electron chi connectivity index (χ2n) is 8.71. The molecule has 0 bridgehead atoms. The number of carboxylic acid groups (broad SMARTS) is 1. The quantitative estimate of drug-likeness (QED) is 0.768. The Bertz CT molecular complexity index is 1010. The summed E-state index contributed by atoms with van der Waals surface area (Å²) in [6, 6.07) is 13.7. The highest BCUT2D eigenvalue weighted by atomic mass is 16.7. The van der Waals surface area contributed by atoms with Crippen LogP contribution in [-0.4, -0.2) is 72.6 Å². The molecule has 3 aliphatic rings. The molecule has 3 heterocycles. The first kappa shape index (κ1) is 21.7. The second-order valence-corrected chi connectivity index (χ2v) is 8.71. The average molecular weight is 453 g/mol. The largest absolute Gasteiger partial charge is 0.465 e. The Morgan fingerprint density at radius 3 is 2.27 bits per heavy atom. The molecule has 2 saturated heterocycles. The fourth-order valence-electron chi connectivity index (χ4n) is 4.67. The first-order valence-electron chi connectivity index (χ1n) is 11.4. The molecular formula is C25H28N2O6. The standard InChI is InChI=1S/C25H28N2O6/c28-23(26-11-13-31-14-12-26)18-3-1-17(2-4-18)20-5-6-22-21(15-20)16-32-24(33-22)19-7-9-27(10-8-19)25(29)30/h1-6,15,19,24H,7-14,16H2,(H,29,30). The van der Waals surface area contributed by atoms with Gasteiger partial charge in [-0.1, -0.05) is 18.2 Å². The third-order valence-electron chi connectivity index (χ3n) is 6.67. The van der Waals surface area contributed by atoms with Crippen LogP contribution in [0.1, 0.15) is 28.8 Å². The summed E-state index contributed by atoms with van der Waals surface area (Å²) < 4.78 is 17.5. The molecule has 8 nitrogen and oxygen atoms in total. The van der Waals surface area contributed by atoms with E-state index in [2.05, 4.69) is 6.07 Å². The van der Waals surface area contributed by atoms with Crippen LogP contribution in [0, 0.1) is 5.92 Å². The Morgan fingerprint density at radius 1 is 0.879 bits per heavy atom. The lowest BCUT2D eigenvalue weighted by molar-refractivity contribution is -0.148. The number of nitrogens with zero attached hydrogens (tertiary/aromatic N) is 2. The van der Waals surface area contributed by atoms with Crippen molar-refractivity contribution in [2.24, 2.45) is 5.92 Å². The van der Waals surface area contributed by atoms with Gasteiger partial charge in [0, 0.05) is 43.2 Å². The van der Waals surface area contributed by atoms with Gasteiger partial charge < -0.3 is 29.1 Å². The van der Waals surface area contributed by atoms with Crippen molar-refractivity contribution >= 4 is 12.0 Å². The van der Waals surface area contributed by atoms with Gasteiger partial charge in [-0.2, -0.15) is 0 Å². The van der Waals surface area contributed by atoms with E-state index in [9.17, 15) is 9.59 Å². The number of carbonyl (C=O) groups is 2. The zero-order chi connectivity index (χ0) is 22.8. The Balaban J connectivity index is 1.23. The van der Waals surface area contributed by atoms with Crippen molar-refractivity contribution in [2.75, 3.05) is 39.4 Å². The molecule has 0 aliphatic carbocycles. The van der Waals surface area contributed by atoms with Gasteiger partial charge in [0.1, 0.15) is 5.75 Å². The summed E-state index contributed by atoms with van der Waals surface area (Å²) in [6.07, 6.45) is 0.264. The van der Waals surface area contributed by atoms with E-state index in [1.54, 1.807) is 0 Å². The number of rotatable bonds is 3. The van der Waals surface area contributed by atoms with Gasteiger partial charge in [-0.05, 0) is 48.2 Å². The van der Waals surface area contributed by atoms with Gasteiger partial charge >= 0.3 is 6.09 Å². The zero-order valence-corrected chi connectivity index (χ0v) is 18.4. The number of benzene rings is 2. The van der Waals surface area contributed by atoms with Crippen molar-refractivity contribution in [2.45, 2.75) is 25.7 Å². The maximum atomic E-state index is 12.7. The third kappa shape index (κ3) is 4.67. The van der Waals surface area contributed by atoms with Crippen molar-refractivity contribution in [3.8, 4) is 16.9 Å². The predicted molar refractivity (Wildman–Crippen MR) is 120 cm³/mol. The fourth-order valence-corrected chi connectivity index (χ4v) is 4.67. The molecule has 2 aromatic carbocycles. The molecule has 1 N–H and O–H groups in total. The molecule has 1 unspecified atom stereocenters. The van der Waals surface area contributed by atoms with E-state index in [0.717, 1.165) is 35.3 Å². The molecule has 174 valence electrons. The second kappa shape index (κ2) is 9.41. The van der Waals surface area contributed by atoms with E-state index < -0.39 is 6.09 Å². The minimum atomic E-state index is -0.865. The Labute approximate surface area is 192 Å².